The fourth-order valence-electron chi connectivity index (χ4n) is 12.7. The highest BCUT2D eigenvalue weighted by Crippen LogP contribution is 2.29. The first-order valence-corrected chi connectivity index (χ1v) is 41.9. The minimum absolute atomic E-state index is 0.00589. The number of carbonyl (C=O) groups excluding carboxylic acids is 8. The summed E-state index contributed by atoms with van der Waals surface area (Å²) in [7, 11) is 5.78. The Morgan fingerprint density at radius 3 is 1.49 bits per heavy atom. The number of rotatable bonds is 57. The van der Waals surface area contributed by atoms with Crippen LogP contribution in [0.4, 0.5) is 9.18 Å². The van der Waals surface area contributed by atoms with Gasteiger partial charge in [-0.05, 0) is 134 Å². The Labute approximate surface area is 674 Å². The number of benzene rings is 2. The zero-order valence-corrected chi connectivity index (χ0v) is 72.2. The number of nitrogens with zero attached hydrogens (tertiary/aromatic N) is 1. The molecule has 644 valence electrons. The van der Waals surface area contributed by atoms with E-state index in [2.05, 4.69) is 58.4 Å². The maximum Gasteiger partial charge on any atom is 0.332 e. The van der Waals surface area contributed by atoms with Gasteiger partial charge in [0.2, 0.25) is 17.7 Å². The Kier molecular flexibility index (Phi) is 61.0. The predicted octanol–water partition coefficient (Wildman–Crippen LogP) is 15.9. The Hall–Kier alpha value is -6.63. The van der Waals surface area contributed by atoms with Crippen LogP contribution < -0.4 is 21.3 Å². The van der Waals surface area contributed by atoms with Crippen LogP contribution in [0, 0.1) is 17.2 Å². The number of amides is 5. The van der Waals surface area contributed by atoms with Gasteiger partial charge in [-0.25, -0.2) is 23.6 Å². The van der Waals surface area contributed by atoms with E-state index in [1.807, 2.05) is 44.2 Å². The smallest absolute Gasteiger partial charge is 0.332 e. The third-order valence-corrected chi connectivity index (χ3v) is 19.4. The van der Waals surface area contributed by atoms with Crippen molar-refractivity contribution in [3.05, 3.63) is 95.8 Å². The monoisotopic (exact) mass is 1580 g/mol. The summed E-state index contributed by atoms with van der Waals surface area (Å²) in [6.07, 6.45) is 36.1. The summed E-state index contributed by atoms with van der Waals surface area (Å²) >= 11 is 0. The molecule has 9 N–H and O–H groups in total. The van der Waals surface area contributed by atoms with Crippen LogP contribution in [0.2, 0.25) is 0 Å². The second-order valence-corrected chi connectivity index (χ2v) is 31.5. The molecule has 0 spiro atoms. The molecule has 9 atom stereocenters. The van der Waals surface area contributed by atoms with E-state index in [4.69, 9.17) is 9.47 Å². The van der Waals surface area contributed by atoms with Crippen molar-refractivity contribution in [2.24, 2.45) is 11.3 Å². The predicted molar refractivity (Wildman–Crippen MR) is 445 cm³/mol. The van der Waals surface area contributed by atoms with Crippen molar-refractivity contribution in [2.45, 2.75) is 368 Å². The lowest BCUT2D eigenvalue weighted by Crippen LogP contribution is -2.48. The van der Waals surface area contributed by atoms with Gasteiger partial charge in [-0.3, -0.25) is 19.2 Å². The largest absolute Gasteiger partial charge is 0.467 e. The zero-order valence-electron chi connectivity index (χ0n) is 72.2. The van der Waals surface area contributed by atoms with E-state index in [0.717, 1.165) is 75.3 Å². The van der Waals surface area contributed by atoms with E-state index in [1.54, 1.807) is 73.1 Å². The number of aliphatic hydroxyl groups excluding tert-OH is 2. The SMILES string of the molecule is CCCCCCCC(C)(O)/C=C/[C@H](NC(C)=O)C(=O)OC.CCCCCCCC(O)(/C=C/[C@H](NC(C)=O)C(=O)OC)CCC.CCCCCCCC(O)(CCC)CC[C@H](NC(=O)N(C)Cc1ccc(F)cc1)C(=O)OC(C)C.CCCCCCCC(O)CC[C@H](NC(=O)C(C)(C)CO)C(=O)C[C@H](COC)Cc1ccccc1. The lowest BCUT2D eigenvalue weighted by Gasteiger charge is -2.30. The van der Waals surface area contributed by atoms with Gasteiger partial charge in [0.05, 0.1) is 61.3 Å². The standard InChI is InChI=1S/C28H47NO5.C27H45FN2O4.C18H33NO4.C16H29NO4/c1-5-6-7-8-12-15-24(31)16-17-25(29-27(33)28(2,3)21-30)26(32)19-23(20-34-4)18-22-13-10-9-11-14-22;1-6-8-9-10-11-18-27(33,17-7-2)19-16-24(25(31)34-21(3)4)29-26(32)30(5)20-22-12-14-23(28)15-13-22;1-5-7-8-9-10-13-18(22,12-6-2)14-11-16(17(21)23-4)19-15(3)20;1-5-6-7-8-9-11-16(3,20)12-10-14(15(19)21-4)17-13(2)18/h9-11,13-14,23-25,30-31H,5-8,12,15-21H2,1-4H3,(H,29,33);12-15,21,24,33H,6-11,16-20H2,1-5H3,(H,29,32);11,14,16,22H,5-10,12-13H2,1-4H3,(H,19,20);10,12,14,20H,5-9,11H2,1-4H3,(H,17,18)/b;;14-11+;12-10+/t23-,24?,25+;24-,27?;16-,18?;14-,16?/m1000/s1. The van der Waals surface area contributed by atoms with Crippen LogP contribution in [0.5, 0.6) is 0 Å². The number of Topliss-reactive ketones (excluding diaryl/α,β-unsaturated/α-hetero) is 1. The topological polar surface area (TPSA) is 326 Å². The number of aliphatic hydroxyl groups is 5. The van der Waals surface area contributed by atoms with E-state index in [9.17, 15) is 68.3 Å². The molecule has 0 radical (unpaired) electrons. The number of unbranched alkanes of at least 4 members (excludes halogenated alkanes) is 16. The lowest BCUT2D eigenvalue weighted by atomic mass is 9.85. The van der Waals surface area contributed by atoms with Crippen molar-refractivity contribution in [3.63, 3.8) is 0 Å². The van der Waals surface area contributed by atoms with E-state index in [-0.39, 0.29) is 60.9 Å². The number of halogens is 1. The third kappa shape index (κ3) is 54.2. The molecule has 0 aliphatic rings. The Morgan fingerprint density at radius 2 is 1.02 bits per heavy atom. The summed E-state index contributed by atoms with van der Waals surface area (Å²) in [6.45, 7) is 24.4. The maximum atomic E-state index is 13.3. The Morgan fingerprint density at radius 1 is 0.527 bits per heavy atom. The van der Waals surface area contributed by atoms with Gasteiger partial charge in [-0.1, -0.05) is 250 Å². The van der Waals surface area contributed by atoms with Gasteiger partial charge in [0, 0.05) is 47.6 Å². The number of ether oxygens (including phenoxy) is 4. The summed E-state index contributed by atoms with van der Waals surface area (Å²) < 4.78 is 33.2. The van der Waals surface area contributed by atoms with Crippen LogP contribution >= 0.6 is 0 Å². The molecule has 0 bridgehead atoms. The highest BCUT2D eigenvalue weighted by Gasteiger charge is 2.34. The average Bonchev–Trinajstić information content (AvgIpc) is 0.843. The molecule has 112 heavy (non-hydrogen) atoms. The molecule has 0 saturated heterocycles. The first-order valence-electron chi connectivity index (χ1n) is 41.9. The van der Waals surface area contributed by atoms with E-state index in [0.29, 0.717) is 77.2 Å². The number of methoxy groups -OCH3 is 3. The van der Waals surface area contributed by atoms with Crippen LogP contribution in [-0.4, -0.2) is 173 Å². The molecular weight excluding hydrogens is 1430 g/mol. The molecule has 0 aliphatic heterocycles. The normalized spacial score (nSPS) is 14.6. The van der Waals surface area contributed by atoms with Crippen molar-refractivity contribution in [1.29, 1.82) is 0 Å². The molecule has 0 fully saturated rings. The van der Waals surface area contributed by atoms with Gasteiger partial charge >= 0.3 is 23.9 Å². The van der Waals surface area contributed by atoms with Crippen molar-refractivity contribution in [1.82, 2.24) is 26.2 Å². The van der Waals surface area contributed by atoms with Crippen LogP contribution in [0.25, 0.3) is 0 Å². The van der Waals surface area contributed by atoms with Crippen molar-refractivity contribution >= 4 is 47.4 Å². The minimum atomic E-state index is -0.989. The molecule has 5 amide bonds. The second kappa shape index (κ2) is 63.6. The van der Waals surface area contributed by atoms with Crippen LogP contribution in [0.3, 0.4) is 0 Å². The van der Waals surface area contributed by atoms with Crippen LogP contribution in [-0.2, 0) is 65.5 Å². The summed E-state index contributed by atoms with van der Waals surface area (Å²) in [5, 5.41) is 62.9. The second-order valence-electron chi connectivity index (χ2n) is 31.5. The molecule has 23 heteroatoms. The minimum Gasteiger partial charge on any atom is -0.467 e. The highest BCUT2D eigenvalue weighted by molar-refractivity contribution is 5.91. The zero-order chi connectivity index (χ0) is 85.0. The number of nitrogens with one attached hydrogen (secondary N) is 4. The van der Waals surface area contributed by atoms with Crippen molar-refractivity contribution in [3.8, 4) is 0 Å². The summed E-state index contributed by atoms with van der Waals surface area (Å²) in [4.78, 5) is 98.5. The summed E-state index contributed by atoms with van der Waals surface area (Å²) in [5.41, 5.74) is -1.85. The number of carbonyl (C=O) groups is 8. The van der Waals surface area contributed by atoms with Crippen LogP contribution in [0.15, 0.2) is 78.9 Å². The number of hydrogen-bond donors (Lipinski definition) is 9. The van der Waals surface area contributed by atoms with Gasteiger partial charge in [-0.15, -0.1) is 0 Å². The Balaban J connectivity index is 0. The molecular formula is C89H154FN5O17. The maximum absolute atomic E-state index is 13.3. The van der Waals surface area contributed by atoms with Gasteiger partial charge < -0.3 is 70.6 Å². The molecule has 0 saturated carbocycles. The summed E-state index contributed by atoms with van der Waals surface area (Å²) in [5.74, 6) is -2.99. The number of urea groups is 1. The molecule has 2 aromatic carbocycles. The fraction of sp³-hybridized carbons (Fsp3) is 0.730. The third-order valence-electron chi connectivity index (χ3n) is 19.4. The molecule has 2 aromatic rings. The van der Waals surface area contributed by atoms with Gasteiger partial charge in [0.25, 0.3) is 0 Å². The van der Waals surface area contributed by atoms with Gasteiger partial charge in [0.15, 0.2) is 5.78 Å². The molecule has 0 heterocycles. The van der Waals surface area contributed by atoms with E-state index >= 15 is 0 Å². The number of hydrogen-bond acceptors (Lipinski definition) is 17. The quantitative estimate of drug-likeness (QED) is 0.0129. The van der Waals surface area contributed by atoms with E-state index in [1.165, 1.54) is 134 Å². The highest BCUT2D eigenvalue weighted by atomic mass is 19.1. The van der Waals surface area contributed by atoms with Gasteiger partial charge in [-0.2, -0.15) is 0 Å². The van der Waals surface area contributed by atoms with Crippen LogP contribution in [0.1, 0.15) is 313 Å². The van der Waals surface area contributed by atoms with Gasteiger partial charge in [0.1, 0.15) is 23.9 Å². The first kappa shape index (κ1) is 107. The average molecular weight is 1590 g/mol. The fourth-order valence-corrected chi connectivity index (χ4v) is 12.7. The number of esters is 3. The number of ketones is 1. The molecule has 22 nitrogen and oxygen atoms in total. The van der Waals surface area contributed by atoms with E-state index < -0.39 is 76.4 Å². The molecule has 0 aliphatic carbocycles. The van der Waals surface area contributed by atoms with Crippen molar-refractivity contribution in [2.75, 3.05) is 41.6 Å². The summed E-state index contributed by atoms with van der Waals surface area (Å²) in [6, 6.07) is 12.2. The van der Waals surface area contributed by atoms with Crippen molar-refractivity contribution < 1.29 is 87.2 Å². The lowest BCUT2D eigenvalue weighted by molar-refractivity contribution is -0.150. The molecule has 4 unspecified atom stereocenters. The first-order chi connectivity index (χ1) is 53.0. The Bertz CT molecular complexity index is 2900. The molecule has 0 aromatic heterocycles. The molecule has 2 rings (SSSR count).